The number of carbonyl (C=O) groups is 1. The molecule has 0 aromatic rings. The third-order valence-electron chi connectivity index (χ3n) is 2.22. The number of rotatable bonds is 3. The van der Waals surface area contributed by atoms with Gasteiger partial charge in [-0.05, 0) is 13.8 Å². The Bertz CT molecular complexity index is 229. The van der Waals surface area contributed by atoms with Crippen molar-refractivity contribution in [2.24, 2.45) is 0 Å². The van der Waals surface area contributed by atoms with E-state index >= 15 is 0 Å². The van der Waals surface area contributed by atoms with Gasteiger partial charge in [-0.25, -0.2) is 0 Å². The van der Waals surface area contributed by atoms with E-state index in [1.807, 2.05) is 13.8 Å². The third kappa shape index (κ3) is 3.97. The van der Waals surface area contributed by atoms with Gasteiger partial charge in [-0.2, -0.15) is 0 Å². The molecule has 0 N–H and O–H groups in total. The molecule has 0 aromatic heterocycles. The van der Waals surface area contributed by atoms with Crippen LogP contribution in [0, 0.1) is 0 Å². The zero-order chi connectivity index (χ0) is 11.5. The summed E-state index contributed by atoms with van der Waals surface area (Å²) in [5.41, 5.74) is 0. The molecule has 2 atom stereocenters. The molecule has 4 nitrogen and oxygen atoms in total. The number of esters is 1. The van der Waals surface area contributed by atoms with Gasteiger partial charge in [0.1, 0.15) is 0 Å². The van der Waals surface area contributed by atoms with E-state index in [2.05, 4.69) is 4.74 Å². The fourth-order valence-electron chi connectivity index (χ4n) is 1.71. The van der Waals surface area contributed by atoms with Gasteiger partial charge in [0.25, 0.3) is 0 Å². The van der Waals surface area contributed by atoms with Crippen LogP contribution in [0.15, 0.2) is 0 Å². The quantitative estimate of drug-likeness (QED) is 0.553. The van der Waals surface area contributed by atoms with Gasteiger partial charge in [0, 0.05) is 12.3 Å². The average Bonchev–Trinajstić information content (AvgIpc) is 2.15. The Hall–Kier alpha value is -0.320. The Kier molecular flexibility index (Phi) is 4.37. The zero-order valence-corrected chi connectivity index (χ0v) is 10.0. The fourth-order valence-corrected chi connectivity index (χ4v) is 1.90. The van der Waals surface area contributed by atoms with Crippen LogP contribution in [0.2, 0.25) is 0 Å². The molecule has 1 fully saturated rings. The first-order chi connectivity index (χ1) is 6.96. The lowest BCUT2D eigenvalue weighted by Crippen LogP contribution is -2.46. The lowest BCUT2D eigenvalue weighted by Gasteiger charge is -2.39. The van der Waals surface area contributed by atoms with Gasteiger partial charge in [-0.15, -0.1) is 11.6 Å². The third-order valence-corrected chi connectivity index (χ3v) is 2.57. The van der Waals surface area contributed by atoms with Crippen LogP contribution in [0.25, 0.3) is 0 Å². The molecule has 0 saturated carbocycles. The molecule has 0 bridgehead atoms. The molecule has 5 heteroatoms. The molecule has 0 aromatic carbocycles. The van der Waals surface area contributed by atoms with Crippen molar-refractivity contribution < 1.29 is 19.0 Å². The van der Waals surface area contributed by atoms with Gasteiger partial charge in [0.15, 0.2) is 5.79 Å². The van der Waals surface area contributed by atoms with Crippen LogP contribution in [0.3, 0.4) is 0 Å². The van der Waals surface area contributed by atoms with Gasteiger partial charge in [-0.3, -0.25) is 4.79 Å². The summed E-state index contributed by atoms with van der Waals surface area (Å²) in [5, 5.41) is 0. The predicted octanol–water partition coefficient (Wildman–Crippen LogP) is 1.70. The van der Waals surface area contributed by atoms with Crippen LogP contribution in [-0.2, 0) is 19.0 Å². The van der Waals surface area contributed by atoms with Crippen LogP contribution in [0.5, 0.6) is 0 Å². The second-order valence-electron chi connectivity index (χ2n) is 4.05. The second kappa shape index (κ2) is 5.14. The summed E-state index contributed by atoms with van der Waals surface area (Å²) in [7, 11) is 1.37. The molecule has 1 aliphatic heterocycles. The lowest BCUT2D eigenvalue weighted by atomic mass is 10.1. The second-order valence-corrected chi connectivity index (χ2v) is 4.36. The van der Waals surface area contributed by atoms with Crippen molar-refractivity contribution in [3.8, 4) is 0 Å². The highest BCUT2D eigenvalue weighted by Gasteiger charge is 2.36. The van der Waals surface area contributed by atoms with Gasteiger partial charge in [-0.1, -0.05) is 0 Å². The van der Waals surface area contributed by atoms with Crippen LogP contribution < -0.4 is 0 Å². The molecule has 15 heavy (non-hydrogen) atoms. The SMILES string of the molecule is COC(=O)C[C@H]1CC(CCl)OC(C)(C)O1. The molecule has 0 spiro atoms. The Labute approximate surface area is 94.8 Å². The summed E-state index contributed by atoms with van der Waals surface area (Å²) in [6.07, 6.45) is 0.633. The normalized spacial score (nSPS) is 29.9. The molecule has 0 amide bonds. The summed E-state index contributed by atoms with van der Waals surface area (Å²) < 4.78 is 15.8. The molecule has 1 rings (SSSR count). The largest absolute Gasteiger partial charge is 0.469 e. The Morgan fingerprint density at radius 3 is 2.60 bits per heavy atom. The number of hydrogen-bond donors (Lipinski definition) is 0. The average molecular weight is 237 g/mol. The summed E-state index contributed by atoms with van der Waals surface area (Å²) in [5.74, 6) is -0.549. The summed E-state index contributed by atoms with van der Waals surface area (Å²) >= 11 is 5.75. The summed E-state index contributed by atoms with van der Waals surface area (Å²) in [4.78, 5) is 11.1. The molecular formula is C10H17ClO4. The van der Waals surface area contributed by atoms with Crippen molar-refractivity contribution >= 4 is 17.6 Å². The monoisotopic (exact) mass is 236 g/mol. The molecule has 1 aliphatic rings. The van der Waals surface area contributed by atoms with E-state index in [4.69, 9.17) is 21.1 Å². The first kappa shape index (κ1) is 12.7. The smallest absolute Gasteiger partial charge is 0.308 e. The van der Waals surface area contributed by atoms with Crippen LogP contribution in [-0.4, -0.2) is 37.0 Å². The van der Waals surface area contributed by atoms with Crippen molar-refractivity contribution in [1.29, 1.82) is 0 Å². The highest BCUT2D eigenvalue weighted by atomic mass is 35.5. The maximum atomic E-state index is 11.1. The summed E-state index contributed by atoms with van der Waals surface area (Å²) in [6, 6.07) is 0. The van der Waals surface area contributed by atoms with Gasteiger partial charge in [0.2, 0.25) is 0 Å². The number of halogens is 1. The van der Waals surface area contributed by atoms with Gasteiger partial charge in [0.05, 0.1) is 25.7 Å². The number of methoxy groups -OCH3 is 1. The molecule has 1 heterocycles. The summed E-state index contributed by atoms with van der Waals surface area (Å²) in [6.45, 7) is 3.63. The van der Waals surface area contributed by atoms with E-state index in [9.17, 15) is 4.79 Å². The molecule has 0 radical (unpaired) electrons. The zero-order valence-electron chi connectivity index (χ0n) is 9.29. The van der Waals surface area contributed by atoms with E-state index in [1.54, 1.807) is 0 Å². The molecule has 88 valence electrons. The molecule has 1 unspecified atom stereocenters. The Morgan fingerprint density at radius 1 is 1.47 bits per heavy atom. The highest BCUT2D eigenvalue weighted by Crippen LogP contribution is 2.28. The van der Waals surface area contributed by atoms with Crippen LogP contribution in [0.4, 0.5) is 0 Å². The van der Waals surface area contributed by atoms with E-state index < -0.39 is 5.79 Å². The minimum absolute atomic E-state index is 0.0647. The maximum Gasteiger partial charge on any atom is 0.308 e. The number of alkyl halides is 1. The van der Waals surface area contributed by atoms with Gasteiger partial charge >= 0.3 is 5.97 Å². The minimum Gasteiger partial charge on any atom is -0.469 e. The standard InChI is InChI=1S/C10H17ClO4/c1-10(2)14-7(5-9(12)13-3)4-8(6-11)15-10/h7-8H,4-6H2,1-3H3/t7-,8?/m1/s1. The Morgan fingerprint density at radius 2 is 2.07 bits per heavy atom. The molecular weight excluding hydrogens is 220 g/mol. The van der Waals surface area contributed by atoms with E-state index in [0.717, 1.165) is 0 Å². The fraction of sp³-hybridized carbons (Fsp3) is 0.900. The number of hydrogen-bond acceptors (Lipinski definition) is 4. The van der Waals surface area contributed by atoms with E-state index in [1.165, 1.54) is 7.11 Å². The minimum atomic E-state index is -0.684. The Balaban J connectivity index is 2.54. The topological polar surface area (TPSA) is 44.8 Å². The number of ether oxygens (including phenoxy) is 3. The van der Waals surface area contributed by atoms with Crippen molar-refractivity contribution in [2.75, 3.05) is 13.0 Å². The van der Waals surface area contributed by atoms with E-state index in [0.29, 0.717) is 12.3 Å². The van der Waals surface area contributed by atoms with Crippen LogP contribution in [0.1, 0.15) is 26.7 Å². The first-order valence-electron chi connectivity index (χ1n) is 4.95. The lowest BCUT2D eigenvalue weighted by molar-refractivity contribution is -0.295. The van der Waals surface area contributed by atoms with Crippen molar-refractivity contribution in [2.45, 2.75) is 44.7 Å². The van der Waals surface area contributed by atoms with Crippen molar-refractivity contribution in [1.82, 2.24) is 0 Å². The van der Waals surface area contributed by atoms with E-state index in [-0.39, 0.29) is 24.6 Å². The van der Waals surface area contributed by atoms with Gasteiger partial charge < -0.3 is 14.2 Å². The maximum absolute atomic E-state index is 11.1. The van der Waals surface area contributed by atoms with Crippen molar-refractivity contribution in [3.05, 3.63) is 0 Å². The van der Waals surface area contributed by atoms with Crippen LogP contribution >= 0.6 is 11.6 Å². The first-order valence-corrected chi connectivity index (χ1v) is 5.48. The van der Waals surface area contributed by atoms with Crippen molar-refractivity contribution in [3.63, 3.8) is 0 Å². The molecule has 0 aliphatic carbocycles. The molecule has 1 saturated heterocycles. The number of carbonyl (C=O) groups excluding carboxylic acids is 1. The highest BCUT2D eigenvalue weighted by molar-refractivity contribution is 6.18. The predicted molar refractivity (Wildman–Crippen MR) is 55.8 cm³/mol.